The molecule has 3 aliphatic heterocycles. The van der Waals surface area contributed by atoms with Crippen LogP contribution in [-0.4, -0.2) is 102 Å². The van der Waals surface area contributed by atoms with Gasteiger partial charge in [-0.1, -0.05) is 0 Å². The summed E-state index contributed by atoms with van der Waals surface area (Å²) in [6.45, 7) is -3.64. The van der Waals surface area contributed by atoms with Gasteiger partial charge in [-0.2, -0.15) is 0 Å². The predicted octanol–water partition coefficient (Wildman–Crippen LogP) is 1.71. The molecule has 2 unspecified atom stereocenters. The number of aromatic nitrogens is 6. The second kappa shape index (κ2) is 14.4. The maximum Gasteiger partial charge on any atom is 0.509 e. The van der Waals surface area contributed by atoms with Gasteiger partial charge in [-0.05, 0) is 13.8 Å². The number of ether oxygens (including phenoxy) is 4. The van der Waals surface area contributed by atoms with E-state index in [1.807, 2.05) is 4.98 Å². The number of carbonyl (C=O) groups is 1. The molecule has 26 heteroatoms. The summed E-state index contributed by atoms with van der Waals surface area (Å²) in [5, 5.41) is 0. The normalized spacial score (nSPS) is 34.8. The number of hydrogen-bond donors (Lipinski definition) is 3. The number of imidazole rings is 1. The summed E-state index contributed by atoms with van der Waals surface area (Å²) < 4.78 is 104. The summed E-state index contributed by atoms with van der Waals surface area (Å²) in [6.07, 6.45) is -14.0. The van der Waals surface area contributed by atoms with Crippen molar-refractivity contribution in [2.24, 2.45) is 0 Å². The molecule has 4 bridgehead atoms. The highest BCUT2D eigenvalue weighted by Gasteiger charge is 2.55. The molecule has 274 valence electrons. The van der Waals surface area contributed by atoms with Gasteiger partial charge in [-0.3, -0.25) is 37.0 Å². The first-order chi connectivity index (χ1) is 23.6. The lowest BCUT2D eigenvalue weighted by Gasteiger charge is -2.27. The van der Waals surface area contributed by atoms with Crippen molar-refractivity contribution in [2.45, 2.75) is 69.2 Å². The summed E-state index contributed by atoms with van der Waals surface area (Å²) in [4.78, 5) is 60.9. The molecule has 10 atom stereocenters. The van der Waals surface area contributed by atoms with Crippen molar-refractivity contribution in [3.8, 4) is 0 Å². The van der Waals surface area contributed by atoms with Crippen LogP contribution in [-0.2, 0) is 46.2 Å². The topological polar surface area (TPSA) is 270 Å². The van der Waals surface area contributed by atoms with E-state index < -0.39 is 106 Å². The van der Waals surface area contributed by atoms with Crippen molar-refractivity contribution in [2.75, 3.05) is 24.9 Å². The molecule has 3 aromatic rings. The molecule has 3 fully saturated rings. The number of phosphoric ester groups is 1. The molecule has 21 nitrogen and oxygen atoms in total. The van der Waals surface area contributed by atoms with Gasteiger partial charge in [0.05, 0.1) is 25.6 Å². The monoisotopic (exact) mass is 771 g/mol. The third-order valence-corrected chi connectivity index (χ3v) is 11.7. The number of H-pyrrole nitrogens is 1. The first-order valence-corrected chi connectivity index (χ1v) is 19.2. The van der Waals surface area contributed by atoms with Gasteiger partial charge in [0.1, 0.15) is 36.3 Å². The summed E-state index contributed by atoms with van der Waals surface area (Å²) in [5.74, 6) is -0.777. The smallest absolute Gasteiger partial charge is 0.432 e. The lowest BCUT2D eigenvalue weighted by molar-refractivity contribution is -0.0648. The number of nitrogens with one attached hydrogen (secondary N) is 1. The highest BCUT2D eigenvalue weighted by Crippen LogP contribution is 2.64. The van der Waals surface area contributed by atoms with Crippen LogP contribution in [0.5, 0.6) is 0 Å². The molecule has 50 heavy (non-hydrogen) atoms. The fourth-order valence-electron chi connectivity index (χ4n) is 5.14. The minimum absolute atomic E-state index is 0.0287. The zero-order valence-electron chi connectivity index (χ0n) is 25.8. The minimum Gasteiger partial charge on any atom is -0.432 e. The van der Waals surface area contributed by atoms with Gasteiger partial charge in [0.15, 0.2) is 42.2 Å². The predicted molar refractivity (Wildman–Crippen MR) is 163 cm³/mol. The summed E-state index contributed by atoms with van der Waals surface area (Å²) in [7, 11) is -5.26. The molecule has 0 amide bonds. The molecule has 6 rings (SSSR count). The van der Waals surface area contributed by atoms with Crippen LogP contribution in [0.1, 0.15) is 26.3 Å². The molecule has 0 spiro atoms. The Bertz CT molecular complexity index is 1950. The van der Waals surface area contributed by atoms with Crippen LogP contribution >= 0.6 is 26.0 Å². The number of nitrogens with zero attached hydrogens (tertiary/aromatic N) is 5. The molecule has 6 heterocycles. The SMILES string of the molecule is CC(C)OC(=O)OCSP1(=O)OC[C@H]2O[C@@H](n3cnc4c(N)ncnc43)[C@H](OP(=O)(O)OC[C@H]3O[C@@H](n4ccc(=O)[nH]c4=O)[C@H](O1)[C@@H]3F)[C@@H]2F. The van der Waals surface area contributed by atoms with Crippen LogP contribution in [0.3, 0.4) is 0 Å². The largest absolute Gasteiger partial charge is 0.509 e. The maximum absolute atomic E-state index is 16.1. The number of nitrogens with two attached hydrogens (primary N) is 1. The van der Waals surface area contributed by atoms with Crippen LogP contribution in [0.4, 0.5) is 19.4 Å². The minimum atomic E-state index is -5.26. The third-order valence-electron chi connectivity index (χ3n) is 7.34. The molecular weight excluding hydrogens is 742 g/mol. The van der Waals surface area contributed by atoms with Crippen LogP contribution < -0.4 is 17.0 Å². The molecule has 3 saturated heterocycles. The number of alkyl halides is 2. The highest BCUT2D eigenvalue weighted by atomic mass is 32.7. The Balaban J connectivity index is 1.35. The number of phosphoric acid groups is 1. The maximum atomic E-state index is 16.1. The van der Waals surface area contributed by atoms with Crippen LogP contribution in [0.25, 0.3) is 11.2 Å². The first kappa shape index (κ1) is 36.5. The average Bonchev–Trinajstić information content (AvgIpc) is 3.69. The van der Waals surface area contributed by atoms with Gasteiger partial charge in [-0.25, -0.2) is 42.5 Å². The molecule has 0 aliphatic carbocycles. The van der Waals surface area contributed by atoms with Crippen molar-refractivity contribution >= 4 is 49.1 Å². The van der Waals surface area contributed by atoms with Crippen molar-refractivity contribution in [1.82, 2.24) is 29.1 Å². The van der Waals surface area contributed by atoms with Gasteiger partial charge >= 0.3 is 26.5 Å². The lowest BCUT2D eigenvalue weighted by Crippen LogP contribution is -2.38. The summed E-state index contributed by atoms with van der Waals surface area (Å²) in [6, 6.07) is 0.909. The average molecular weight is 772 g/mol. The number of anilines is 1. The zero-order valence-corrected chi connectivity index (χ0v) is 28.4. The Hall–Kier alpha value is -3.31. The first-order valence-electron chi connectivity index (χ1n) is 14.5. The summed E-state index contributed by atoms with van der Waals surface area (Å²) in [5.41, 5.74) is 4.08. The molecule has 3 aliphatic rings. The van der Waals surface area contributed by atoms with Gasteiger partial charge in [0, 0.05) is 23.6 Å². The van der Waals surface area contributed by atoms with E-state index in [-0.39, 0.29) is 28.4 Å². The van der Waals surface area contributed by atoms with Crippen LogP contribution in [0, 0.1) is 0 Å². The number of rotatable bonds is 6. The van der Waals surface area contributed by atoms with Crippen molar-refractivity contribution in [3.05, 3.63) is 45.8 Å². The van der Waals surface area contributed by atoms with Crippen LogP contribution in [0.2, 0.25) is 0 Å². The van der Waals surface area contributed by atoms with Crippen LogP contribution in [0.15, 0.2) is 34.5 Å². The van der Waals surface area contributed by atoms with E-state index in [1.54, 1.807) is 13.8 Å². The summed E-state index contributed by atoms with van der Waals surface area (Å²) >= 11 is 0.237. The Morgan fingerprint density at radius 2 is 1.74 bits per heavy atom. The number of fused-ring (bicyclic) bond motifs is 5. The van der Waals surface area contributed by atoms with Gasteiger partial charge < -0.3 is 29.6 Å². The Morgan fingerprint density at radius 1 is 1.08 bits per heavy atom. The number of halogens is 2. The number of nitrogen functional groups attached to an aromatic ring is 1. The fraction of sp³-hybridized carbons (Fsp3) is 0.583. The lowest BCUT2D eigenvalue weighted by atomic mass is 10.1. The second-order valence-corrected chi connectivity index (χ2v) is 16.5. The van der Waals surface area contributed by atoms with E-state index in [0.29, 0.717) is 4.57 Å². The number of carbonyl (C=O) groups excluding carboxylic acids is 1. The molecule has 0 saturated carbocycles. The van der Waals surface area contributed by atoms with E-state index in [2.05, 4.69) is 15.0 Å². The standard InChI is InChI=1S/C24H29F2N7O14P2S/c1-10(2)43-24(36)40-9-50-49(39)42-6-12-14(25)17(22(45-12)33-8-30-16-19(27)28-7-29-20(16)33)46-48(37,38)41-5-11-15(26)18(47-49)21(44-11)32-4-3-13(34)31-23(32)35/h3-4,7-8,10-12,14-15,17-18,21-22H,5-6,9H2,1-2H3,(H,37,38)(H2,27,28,29)(H,31,34,35)/t11-,12-,14-,15-,17-,18-,21-,22-,49?/m1/s1. The highest BCUT2D eigenvalue weighted by molar-refractivity contribution is 8.55. The Labute approximate surface area is 282 Å². The fourth-order valence-corrected chi connectivity index (χ4v) is 8.82. The molecular formula is C24H29F2N7O14P2S. The second-order valence-electron chi connectivity index (χ2n) is 11.1. The number of aromatic amines is 1. The van der Waals surface area contributed by atoms with Gasteiger partial charge in [0.25, 0.3) is 5.56 Å². The Morgan fingerprint density at radius 3 is 2.42 bits per heavy atom. The van der Waals surface area contributed by atoms with Crippen molar-refractivity contribution in [3.63, 3.8) is 0 Å². The van der Waals surface area contributed by atoms with Gasteiger partial charge in [0.2, 0.25) is 0 Å². The molecule has 3 aromatic heterocycles. The molecule has 0 aromatic carbocycles. The van der Waals surface area contributed by atoms with E-state index in [9.17, 15) is 28.4 Å². The van der Waals surface area contributed by atoms with Crippen molar-refractivity contribution in [1.29, 1.82) is 0 Å². The molecule has 0 radical (unpaired) electrons. The van der Waals surface area contributed by atoms with E-state index in [1.165, 1.54) is 0 Å². The van der Waals surface area contributed by atoms with E-state index in [4.69, 9.17) is 42.8 Å². The Kier molecular flexibility index (Phi) is 10.5. The number of hydrogen-bond acceptors (Lipinski definition) is 18. The molecule has 4 N–H and O–H groups in total. The van der Waals surface area contributed by atoms with Gasteiger partial charge in [-0.15, -0.1) is 0 Å². The third kappa shape index (κ3) is 7.64. The van der Waals surface area contributed by atoms with Crippen molar-refractivity contribution < 1.29 is 64.6 Å². The quantitative estimate of drug-likeness (QED) is 0.183. The van der Waals surface area contributed by atoms with E-state index >= 15 is 8.78 Å². The zero-order chi connectivity index (χ0) is 36.0. The van der Waals surface area contributed by atoms with E-state index in [0.717, 1.165) is 29.5 Å².